The highest BCUT2D eigenvalue weighted by molar-refractivity contribution is 6.00. The first-order valence-electron chi connectivity index (χ1n) is 7.50. The van der Waals surface area contributed by atoms with Crippen molar-refractivity contribution in [1.29, 1.82) is 0 Å². The third-order valence-corrected chi connectivity index (χ3v) is 4.72. The molecule has 1 aromatic carbocycles. The van der Waals surface area contributed by atoms with Gasteiger partial charge in [0.05, 0.1) is 34.3 Å². The molecule has 120 valence electrons. The number of anilines is 1. The Balaban J connectivity index is 1.83. The summed E-state index contributed by atoms with van der Waals surface area (Å²) in [6.45, 7) is 7.39. The predicted octanol–water partition coefficient (Wildman–Crippen LogP) is 2.54. The zero-order valence-electron chi connectivity index (χ0n) is 13.5. The second-order valence-corrected chi connectivity index (χ2v) is 6.70. The van der Waals surface area contributed by atoms with Crippen LogP contribution in [0.25, 0.3) is 11.0 Å². The predicted molar refractivity (Wildman–Crippen MR) is 86.0 cm³/mol. The highest BCUT2D eigenvalue weighted by Gasteiger charge is 2.65. The van der Waals surface area contributed by atoms with Crippen molar-refractivity contribution in [2.45, 2.75) is 27.7 Å². The summed E-state index contributed by atoms with van der Waals surface area (Å²) in [4.78, 5) is 32.5. The molecule has 1 fully saturated rings. The molecule has 2 aromatic rings. The number of carboxylic acids is 1. The van der Waals surface area contributed by atoms with Crippen LogP contribution in [0.15, 0.2) is 18.2 Å². The molecule has 2 atom stereocenters. The number of aryl methyl sites for hydroxylation is 2. The Labute approximate surface area is 133 Å². The minimum atomic E-state index is -0.925. The van der Waals surface area contributed by atoms with Crippen LogP contribution in [0.3, 0.4) is 0 Å². The number of carbonyl (C=O) groups is 2. The van der Waals surface area contributed by atoms with Gasteiger partial charge >= 0.3 is 5.97 Å². The van der Waals surface area contributed by atoms with Crippen LogP contribution in [0.2, 0.25) is 0 Å². The maximum Gasteiger partial charge on any atom is 0.307 e. The fraction of sp³-hybridized carbons (Fsp3) is 0.412. The molecule has 0 saturated heterocycles. The van der Waals surface area contributed by atoms with Crippen LogP contribution in [-0.4, -0.2) is 27.0 Å². The van der Waals surface area contributed by atoms with Gasteiger partial charge in [0.15, 0.2) is 0 Å². The first kappa shape index (κ1) is 15.4. The van der Waals surface area contributed by atoms with Crippen LogP contribution in [0.4, 0.5) is 5.69 Å². The summed E-state index contributed by atoms with van der Waals surface area (Å²) in [5, 5.41) is 12.0. The minimum absolute atomic E-state index is 0.265. The molecule has 3 rings (SSSR count). The quantitative estimate of drug-likeness (QED) is 0.908. The first-order chi connectivity index (χ1) is 10.7. The summed E-state index contributed by atoms with van der Waals surface area (Å²) in [6, 6.07) is 5.32. The molecule has 1 aliphatic rings. The molecule has 1 aromatic heterocycles. The van der Waals surface area contributed by atoms with Crippen LogP contribution in [0.1, 0.15) is 25.2 Å². The molecule has 1 saturated carbocycles. The van der Waals surface area contributed by atoms with Crippen LogP contribution in [0, 0.1) is 31.1 Å². The molecule has 0 radical (unpaired) electrons. The number of aliphatic carboxylic acids is 1. The Morgan fingerprint density at radius 2 is 1.70 bits per heavy atom. The molecule has 0 bridgehead atoms. The number of rotatable bonds is 3. The van der Waals surface area contributed by atoms with E-state index in [9.17, 15) is 14.7 Å². The highest BCUT2D eigenvalue weighted by atomic mass is 16.4. The van der Waals surface area contributed by atoms with Gasteiger partial charge in [-0.05, 0) is 37.5 Å². The lowest BCUT2D eigenvalue weighted by Crippen LogP contribution is -2.17. The van der Waals surface area contributed by atoms with Gasteiger partial charge in [-0.15, -0.1) is 0 Å². The average Bonchev–Trinajstić information content (AvgIpc) is 3.04. The summed E-state index contributed by atoms with van der Waals surface area (Å²) in [5.74, 6) is -2.33. The number of aromatic nitrogens is 2. The van der Waals surface area contributed by atoms with Crippen molar-refractivity contribution in [3.63, 3.8) is 0 Å². The number of hydrogen-bond acceptors (Lipinski definition) is 4. The summed E-state index contributed by atoms with van der Waals surface area (Å²) < 4.78 is 0. The van der Waals surface area contributed by atoms with E-state index in [4.69, 9.17) is 0 Å². The van der Waals surface area contributed by atoms with Crippen LogP contribution < -0.4 is 5.32 Å². The van der Waals surface area contributed by atoms with Crippen molar-refractivity contribution in [3.05, 3.63) is 29.6 Å². The van der Waals surface area contributed by atoms with Crippen molar-refractivity contribution >= 4 is 28.6 Å². The van der Waals surface area contributed by atoms with Gasteiger partial charge in [-0.1, -0.05) is 13.8 Å². The molecule has 0 spiro atoms. The molecular weight excluding hydrogens is 294 g/mol. The molecule has 0 aliphatic heterocycles. The number of carbonyl (C=O) groups excluding carboxylic acids is 1. The molecule has 1 heterocycles. The van der Waals surface area contributed by atoms with E-state index in [2.05, 4.69) is 15.3 Å². The smallest absolute Gasteiger partial charge is 0.307 e. The SMILES string of the molecule is Cc1nc2ccc(NC(=O)[C@@H]3[C@@H](C(=O)O)C3(C)C)cc2nc1C. The molecule has 1 amide bonds. The van der Waals surface area contributed by atoms with E-state index in [0.717, 1.165) is 16.9 Å². The van der Waals surface area contributed by atoms with Crippen molar-refractivity contribution in [3.8, 4) is 0 Å². The topological polar surface area (TPSA) is 92.2 Å². The van der Waals surface area contributed by atoms with E-state index < -0.39 is 23.2 Å². The average molecular weight is 313 g/mol. The fourth-order valence-corrected chi connectivity index (χ4v) is 3.12. The maximum absolute atomic E-state index is 12.4. The lowest BCUT2D eigenvalue weighted by molar-refractivity contribution is -0.140. The number of amides is 1. The molecule has 6 nitrogen and oxygen atoms in total. The van der Waals surface area contributed by atoms with Crippen LogP contribution in [0.5, 0.6) is 0 Å². The van der Waals surface area contributed by atoms with Gasteiger partial charge in [0.25, 0.3) is 0 Å². The Hall–Kier alpha value is -2.50. The van der Waals surface area contributed by atoms with Crippen LogP contribution >= 0.6 is 0 Å². The van der Waals surface area contributed by atoms with Crippen molar-refractivity contribution < 1.29 is 14.7 Å². The van der Waals surface area contributed by atoms with E-state index in [0.29, 0.717) is 11.2 Å². The summed E-state index contributed by atoms with van der Waals surface area (Å²) in [5.41, 5.74) is 3.28. The number of hydrogen-bond donors (Lipinski definition) is 2. The zero-order chi connectivity index (χ0) is 16.9. The summed E-state index contributed by atoms with van der Waals surface area (Å²) in [6.07, 6.45) is 0. The van der Waals surface area contributed by atoms with E-state index in [1.54, 1.807) is 32.0 Å². The molecule has 1 aliphatic carbocycles. The number of nitrogens with zero attached hydrogens (tertiary/aromatic N) is 2. The third kappa shape index (κ3) is 2.54. The summed E-state index contributed by atoms with van der Waals surface area (Å²) in [7, 11) is 0. The van der Waals surface area contributed by atoms with Crippen molar-refractivity contribution in [2.24, 2.45) is 17.3 Å². The van der Waals surface area contributed by atoms with E-state index in [-0.39, 0.29) is 5.91 Å². The van der Waals surface area contributed by atoms with E-state index in [1.807, 2.05) is 13.8 Å². The number of fused-ring (bicyclic) bond motifs is 1. The Morgan fingerprint density at radius 3 is 2.26 bits per heavy atom. The molecular formula is C17H19N3O3. The Kier molecular flexibility index (Phi) is 3.35. The van der Waals surface area contributed by atoms with Gasteiger partial charge in [0.2, 0.25) is 5.91 Å². The standard InChI is InChI=1S/C17H19N3O3/c1-8-9(2)19-12-7-10(5-6-11(12)18-8)20-15(21)13-14(16(22)23)17(13,3)4/h5-7,13-14H,1-4H3,(H,20,21)(H,22,23)/t13-,14-/m0/s1. The van der Waals surface area contributed by atoms with Gasteiger partial charge in [0, 0.05) is 5.69 Å². The molecule has 0 unspecified atom stereocenters. The fourth-order valence-electron chi connectivity index (χ4n) is 3.12. The van der Waals surface area contributed by atoms with Gasteiger partial charge in [-0.2, -0.15) is 0 Å². The first-order valence-corrected chi connectivity index (χ1v) is 7.50. The van der Waals surface area contributed by atoms with Crippen molar-refractivity contribution in [2.75, 3.05) is 5.32 Å². The third-order valence-electron chi connectivity index (χ3n) is 4.72. The number of benzene rings is 1. The van der Waals surface area contributed by atoms with Gasteiger partial charge in [-0.25, -0.2) is 9.97 Å². The normalized spacial score (nSPS) is 21.9. The van der Waals surface area contributed by atoms with E-state index in [1.165, 1.54) is 0 Å². The van der Waals surface area contributed by atoms with Gasteiger partial charge in [-0.3, -0.25) is 9.59 Å². The van der Waals surface area contributed by atoms with Crippen LogP contribution in [-0.2, 0) is 9.59 Å². The van der Waals surface area contributed by atoms with Crippen molar-refractivity contribution in [1.82, 2.24) is 9.97 Å². The lowest BCUT2D eigenvalue weighted by Gasteiger charge is -2.08. The molecule has 23 heavy (non-hydrogen) atoms. The minimum Gasteiger partial charge on any atom is -0.481 e. The van der Waals surface area contributed by atoms with Gasteiger partial charge < -0.3 is 10.4 Å². The Morgan fingerprint density at radius 1 is 1.09 bits per heavy atom. The Bertz CT molecular complexity index is 829. The largest absolute Gasteiger partial charge is 0.481 e. The maximum atomic E-state index is 12.4. The zero-order valence-corrected chi connectivity index (χ0v) is 13.5. The molecule has 6 heteroatoms. The summed E-state index contributed by atoms with van der Waals surface area (Å²) >= 11 is 0. The number of carboxylic acid groups (broad SMARTS) is 1. The monoisotopic (exact) mass is 313 g/mol. The molecule has 2 N–H and O–H groups in total. The second-order valence-electron chi connectivity index (χ2n) is 6.70. The number of nitrogens with one attached hydrogen (secondary N) is 1. The van der Waals surface area contributed by atoms with Gasteiger partial charge in [0.1, 0.15) is 0 Å². The highest BCUT2D eigenvalue weighted by Crippen LogP contribution is 2.58. The van der Waals surface area contributed by atoms with E-state index >= 15 is 0 Å². The lowest BCUT2D eigenvalue weighted by atomic mass is 10.1. The second kappa shape index (κ2) is 5.01.